The maximum Gasteiger partial charge on any atom is 0.166 e. The summed E-state index contributed by atoms with van der Waals surface area (Å²) in [6.45, 7) is 4.26. The average Bonchev–Trinajstić information content (AvgIpc) is 3.30. The number of halogens is 1. The van der Waals surface area contributed by atoms with Gasteiger partial charge in [-0.1, -0.05) is 12.1 Å². The fourth-order valence-electron chi connectivity index (χ4n) is 2.87. The molecule has 0 spiro atoms. The summed E-state index contributed by atoms with van der Waals surface area (Å²) in [6.07, 6.45) is 0.852. The van der Waals surface area contributed by atoms with E-state index in [4.69, 9.17) is 4.74 Å². The Morgan fingerprint density at radius 3 is 2.82 bits per heavy atom. The summed E-state index contributed by atoms with van der Waals surface area (Å²) in [4.78, 5) is 12.5. The van der Waals surface area contributed by atoms with Gasteiger partial charge in [0.15, 0.2) is 5.78 Å². The first-order valence-corrected chi connectivity index (χ1v) is 7.63. The quantitative estimate of drug-likeness (QED) is 0.759. The van der Waals surface area contributed by atoms with Gasteiger partial charge in [0.1, 0.15) is 11.6 Å². The van der Waals surface area contributed by atoms with Gasteiger partial charge < -0.3 is 4.74 Å². The standard InChI is InChI=1S/C19H19FO2/c1-3-22-15-6-4-5-13(10-15)16-11-17(16)19(21)14-7-8-18(20)12(2)9-14/h4-10,16-17H,3,11H2,1-2H3. The predicted molar refractivity (Wildman–Crippen MR) is 83.9 cm³/mol. The zero-order valence-electron chi connectivity index (χ0n) is 12.8. The number of benzene rings is 2. The number of carbonyl (C=O) groups excluding carboxylic acids is 1. The van der Waals surface area contributed by atoms with E-state index in [-0.39, 0.29) is 23.4 Å². The number of carbonyl (C=O) groups is 1. The van der Waals surface area contributed by atoms with E-state index in [1.54, 1.807) is 19.1 Å². The summed E-state index contributed by atoms with van der Waals surface area (Å²) in [5.74, 6) is 0.930. The zero-order valence-corrected chi connectivity index (χ0v) is 12.8. The smallest absolute Gasteiger partial charge is 0.166 e. The number of hydrogen-bond acceptors (Lipinski definition) is 2. The van der Waals surface area contributed by atoms with Crippen molar-refractivity contribution in [3.8, 4) is 5.75 Å². The molecule has 0 aliphatic heterocycles. The van der Waals surface area contributed by atoms with Gasteiger partial charge in [0.25, 0.3) is 0 Å². The summed E-state index contributed by atoms with van der Waals surface area (Å²) in [5.41, 5.74) is 2.26. The molecule has 3 heteroatoms. The van der Waals surface area contributed by atoms with Crippen LogP contribution in [0.3, 0.4) is 0 Å². The second-order valence-electron chi connectivity index (χ2n) is 5.78. The van der Waals surface area contributed by atoms with Crippen LogP contribution < -0.4 is 4.74 Å². The highest BCUT2D eigenvalue weighted by molar-refractivity contribution is 6.00. The molecule has 2 nitrogen and oxygen atoms in total. The van der Waals surface area contributed by atoms with Gasteiger partial charge in [0, 0.05) is 11.5 Å². The Hall–Kier alpha value is -2.16. The highest BCUT2D eigenvalue weighted by Gasteiger charge is 2.44. The fourth-order valence-corrected chi connectivity index (χ4v) is 2.87. The predicted octanol–water partition coefficient (Wildman–Crippen LogP) is 4.52. The van der Waals surface area contributed by atoms with Crippen LogP contribution >= 0.6 is 0 Å². The van der Waals surface area contributed by atoms with Crippen molar-refractivity contribution < 1.29 is 13.9 Å². The number of ketones is 1. The molecule has 3 rings (SSSR count). The van der Waals surface area contributed by atoms with E-state index >= 15 is 0 Å². The van der Waals surface area contributed by atoms with E-state index in [0.717, 1.165) is 17.7 Å². The van der Waals surface area contributed by atoms with Crippen molar-refractivity contribution >= 4 is 5.78 Å². The van der Waals surface area contributed by atoms with Crippen molar-refractivity contribution in [3.05, 3.63) is 65.0 Å². The molecule has 1 aliphatic rings. The van der Waals surface area contributed by atoms with E-state index in [1.807, 2.05) is 31.2 Å². The zero-order chi connectivity index (χ0) is 15.7. The Balaban J connectivity index is 1.74. The molecule has 22 heavy (non-hydrogen) atoms. The first-order chi connectivity index (χ1) is 10.6. The lowest BCUT2D eigenvalue weighted by molar-refractivity contribution is 0.0965. The molecule has 0 amide bonds. The Bertz CT molecular complexity index is 708. The Labute approximate surface area is 129 Å². The lowest BCUT2D eigenvalue weighted by Gasteiger charge is -2.06. The van der Waals surface area contributed by atoms with E-state index in [0.29, 0.717) is 17.7 Å². The van der Waals surface area contributed by atoms with Gasteiger partial charge in [0.2, 0.25) is 0 Å². The third-order valence-electron chi connectivity index (χ3n) is 4.17. The minimum Gasteiger partial charge on any atom is -0.494 e. The molecule has 2 aromatic rings. The van der Waals surface area contributed by atoms with Crippen LogP contribution in [0.1, 0.15) is 40.7 Å². The lowest BCUT2D eigenvalue weighted by atomic mass is 10.0. The van der Waals surface area contributed by atoms with Crippen molar-refractivity contribution in [2.45, 2.75) is 26.2 Å². The van der Waals surface area contributed by atoms with Gasteiger partial charge in [-0.15, -0.1) is 0 Å². The summed E-state index contributed by atoms with van der Waals surface area (Å²) >= 11 is 0. The third-order valence-corrected chi connectivity index (χ3v) is 4.17. The van der Waals surface area contributed by atoms with Crippen LogP contribution in [0.2, 0.25) is 0 Å². The van der Waals surface area contributed by atoms with Gasteiger partial charge in [0.05, 0.1) is 6.61 Å². The van der Waals surface area contributed by atoms with Gasteiger partial charge >= 0.3 is 0 Å². The SMILES string of the molecule is CCOc1cccc(C2CC2C(=O)c2ccc(F)c(C)c2)c1. The molecule has 0 saturated heterocycles. The molecule has 0 aromatic heterocycles. The van der Waals surface area contributed by atoms with Crippen LogP contribution in [0.25, 0.3) is 0 Å². The van der Waals surface area contributed by atoms with E-state index in [2.05, 4.69) is 0 Å². The van der Waals surface area contributed by atoms with Gasteiger partial charge in [-0.3, -0.25) is 4.79 Å². The largest absolute Gasteiger partial charge is 0.494 e. The molecule has 114 valence electrons. The molecule has 0 bridgehead atoms. The minimum atomic E-state index is -0.270. The lowest BCUT2D eigenvalue weighted by Crippen LogP contribution is -2.04. The molecule has 1 aliphatic carbocycles. The molecular formula is C19H19FO2. The van der Waals surface area contributed by atoms with Crippen LogP contribution in [0.15, 0.2) is 42.5 Å². The Morgan fingerprint density at radius 2 is 2.09 bits per heavy atom. The number of hydrogen-bond donors (Lipinski definition) is 0. The molecule has 2 atom stereocenters. The maximum atomic E-state index is 13.3. The number of ether oxygens (including phenoxy) is 1. The van der Waals surface area contributed by atoms with Gasteiger partial charge in [-0.2, -0.15) is 0 Å². The minimum absolute atomic E-state index is 0.00161. The highest BCUT2D eigenvalue weighted by atomic mass is 19.1. The van der Waals surface area contributed by atoms with Crippen molar-refractivity contribution in [3.63, 3.8) is 0 Å². The first kappa shape index (κ1) is 14.8. The van der Waals surface area contributed by atoms with Crippen LogP contribution in [0, 0.1) is 18.7 Å². The van der Waals surface area contributed by atoms with E-state index in [9.17, 15) is 9.18 Å². The van der Waals surface area contributed by atoms with Gasteiger partial charge in [-0.25, -0.2) is 4.39 Å². The topological polar surface area (TPSA) is 26.3 Å². The molecular weight excluding hydrogens is 279 g/mol. The molecule has 2 unspecified atom stereocenters. The van der Waals surface area contributed by atoms with Crippen molar-refractivity contribution in [1.29, 1.82) is 0 Å². The number of aryl methyl sites for hydroxylation is 1. The summed E-state index contributed by atoms with van der Waals surface area (Å²) in [6, 6.07) is 12.5. The molecule has 2 aromatic carbocycles. The fraction of sp³-hybridized carbons (Fsp3) is 0.316. The Kier molecular flexibility index (Phi) is 3.97. The van der Waals surface area contributed by atoms with Crippen molar-refractivity contribution in [2.75, 3.05) is 6.61 Å². The second kappa shape index (κ2) is 5.91. The van der Waals surface area contributed by atoms with E-state index in [1.165, 1.54) is 6.07 Å². The van der Waals surface area contributed by atoms with Gasteiger partial charge in [-0.05, 0) is 67.6 Å². The van der Waals surface area contributed by atoms with Crippen molar-refractivity contribution in [2.24, 2.45) is 5.92 Å². The molecule has 1 saturated carbocycles. The summed E-state index contributed by atoms with van der Waals surface area (Å²) in [5, 5.41) is 0. The molecule has 0 N–H and O–H groups in total. The van der Waals surface area contributed by atoms with Crippen LogP contribution in [-0.2, 0) is 0 Å². The average molecular weight is 298 g/mol. The molecule has 0 radical (unpaired) electrons. The van der Waals surface area contributed by atoms with Crippen molar-refractivity contribution in [1.82, 2.24) is 0 Å². The molecule has 1 fully saturated rings. The Morgan fingerprint density at radius 1 is 1.27 bits per heavy atom. The second-order valence-corrected chi connectivity index (χ2v) is 5.78. The molecule has 0 heterocycles. The number of rotatable bonds is 5. The summed E-state index contributed by atoms with van der Waals surface area (Å²) < 4.78 is 18.8. The van der Waals surface area contributed by atoms with Crippen LogP contribution in [0.5, 0.6) is 5.75 Å². The first-order valence-electron chi connectivity index (χ1n) is 7.63. The van der Waals surface area contributed by atoms with E-state index < -0.39 is 0 Å². The highest BCUT2D eigenvalue weighted by Crippen LogP contribution is 2.49. The number of Topliss-reactive ketones (excluding diaryl/α,β-unsaturated/α-hetero) is 1. The van der Waals surface area contributed by atoms with Crippen LogP contribution in [-0.4, -0.2) is 12.4 Å². The monoisotopic (exact) mass is 298 g/mol. The third kappa shape index (κ3) is 2.89. The van der Waals surface area contributed by atoms with Crippen LogP contribution in [0.4, 0.5) is 4.39 Å². The summed E-state index contributed by atoms with van der Waals surface area (Å²) in [7, 11) is 0. The normalized spacial score (nSPS) is 19.8. The maximum absolute atomic E-state index is 13.3.